The van der Waals surface area contributed by atoms with E-state index in [0.717, 1.165) is 32.0 Å². The van der Waals surface area contributed by atoms with Gasteiger partial charge in [0.25, 0.3) is 5.91 Å². The maximum Gasteiger partial charge on any atom is 0.260 e. The highest BCUT2D eigenvalue weighted by Gasteiger charge is 2.21. The van der Waals surface area contributed by atoms with Gasteiger partial charge in [0.1, 0.15) is 0 Å². The average Bonchev–Trinajstić information content (AvgIpc) is 3.40. The van der Waals surface area contributed by atoms with Crippen LogP contribution in [0.3, 0.4) is 0 Å². The van der Waals surface area contributed by atoms with Gasteiger partial charge in [0.05, 0.1) is 25.9 Å². The molecule has 2 heterocycles. The number of para-hydroxylation sites is 1. The van der Waals surface area contributed by atoms with Crippen LogP contribution in [-0.2, 0) is 6.42 Å². The van der Waals surface area contributed by atoms with Crippen molar-refractivity contribution in [1.29, 1.82) is 0 Å². The van der Waals surface area contributed by atoms with Gasteiger partial charge in [0.2, 0.25) is 0 Å². The molecule has 1 amide bonds. The molecule has 5 rings (SSSR count). The predicted octanol–water partition coefficient (Wildman–Crippen LogP) is 5.80. The molecule has 2 aromatic heterocycles. The first-order valence-electron chi connectivity index (χ1n) is 9.32. The maximum atomic E-state index is 13.5. The van der Waals surface area contributed by atoms with Crippen molar-refractivity contribution < 1.29 is 4.79 Å². The summed E-state index contributed by atoms with van der Waals surface area (Å²) in [5.41, 5.74) is 5.50. The fourth-order valence-corrected chi connectivity index (χ4v) is 5.00. The zero-order valence-corrected chi connectivity index (χ0v) is 17.1. The molecule has 0 saturated heterocycles. The van der Waals surface area contributed by atoms with Crippen molar-refractivity contribution in [2.75, 3.05) is 11.4 Å². The standard InChI is InChI=1S/C23H17N3OS2/c27-22(17-10-11-18-21(14-17)28-15-24-18)26(13-12-16-6-2-1-3-7-16)23-25-19-8-4-5-9-20(19)29-23/h1-11,14-15H,12-13H2. The Bertz CT molecular complexity index is 1260. The highest BCUT2D eigenvalue weighted by Crippen LogP contribution is 2.30. The number of hydrogen-bond donors (Lipinski definition) is 0. The number of rotatable bonds is 5. The molecule has 0 saturated carbocycles. The molecule has 6 heteroatoms. The lowest BCUT2D eigenvalue weighted by Crippen LogP contribution is -2.32. The van der Waals surface area contributed by atoms with E-state index in [2.05, 4.69) is 17.1 Å². The van der Waals surface area contributed by atoms with Crippen LogP contribution in [0.2, 0.25) is 0 Å². The van der Waals surface area contributed by atoms with Gasteiger partial charge in [-0.05, 0) is 42.3 Å². The Labute approximate surface area is 176 Å². The van der Waals surface area contributed by atoms with Gasteiger partial charge in [-0.2, -0.15) is 0 Å². The minimum absolute atomic E-state index is 0.0321. The fraction of sp³-hybridized carbons (Fsp3) is 0.0870. The van der Waals surface area contributed by atoms with Gasteiger partial charge in [0, 0.05) is 12.1 Å². The first-order valence-corrected chi connectivity index (χ1v) is 11.0. The van der Waals surface area contributed by atoms with E-state index >= 15 is 0 Å². The molecule has 29 heavy (non-hydrogen) atoms. The third-order valence-electron chi connectivity index (χ3n) is 4.80. The van der Waals surface area contributed by atoms with Gasteiger partial charge in [0.15, 0.2) is 5.13 Å². The van der Waals surface area contributed by atoms with Gasteiger partial charge in [-0.25, -0.2) is 9.97 Å². The first kappa shape index (κ1) is 18.0. The quantitative estimate of drug-likeness (QED) is 0.365. The van der Waals surface area contributed by atoms with Crippen LogP contribution in [0, 0.1) is 0 Å². The van der Waals surface area contributed by atoms with Crippen LogP contribution in [-0.4, -0.2) is 22.4 Å². The Morgan fingerprint density at radius 1 is 0.897 bits per heavy atom. The SMILES string of the molecule is O=C(c1ccc2ncsc2c1)N(CCc1ccccc1)c1nc2ccccc2s1. The molecular weight excluding hydrogens is 398 g/mol. The number of aromatic nitrogens is 2. The zero-order chi connectivity index (χ0) is 19.6. The first-order chi connectivity index (χ1) is 14.3. The number of thiazole rings is 2. The third kappa shape index (κ3) is 3.64. The number of nitrogens with zero attached hydrogens (tertiary/aromatic N) is 3. The van der Waals surface area contributed by atoms with E-state index in [0.29, 0.717) is 12.1 Å². The third-order valence-corrected chi connectivity index (χ3v) is 6.65. The lowest BCUT2D eigenvalue weighted by Gasteiger charge is -2.20. The molecule has 5 aromatic rings. The van der Waals surface area contributed by atoms with Crippen LogP contribution >= 0.6 is 22.7 Å². The number of fused-ring (bicyclic) bond motifs is 2. The zero-order valence-electron chi connectivity index (χ0n) is 15.5. The van der Waals surface area contributed by atoms with Crippen LogP contribution in [0.5, 0.6) is 0 Å². The smallest absolute Gasteiger partial charge is 0.260 e. The summed E-state index contributed by atoms with van der Waals surface area (Å²) in [6.07, 6.45) is 0.769. The summed E-state index contributed by atoms with van der Waals surface area (Å²) in [5, 5.41) is 0.733. The molecule has 0 radical (unpaired) electrons. The van der Waals surface area contributed by atoms with Crippen molar-refractivity contribution >= 4 is 54.1 Å². The molecule has 3 aromatic carbocycles. The van der Waals surface area contributed by atoms with Crippen molar-refractivity contribution in [2.24, 2.45) is 0 Å². The van der Waals surface area contributed by atoms with Crippen molar-refractivity contribution in [3.63, 3.8) is 0 Å². The summed E-state index contributed by atoms with van der Waals surface area (Å²) in [5.74, 6) is -0.0321. The Morgan fingerprint density at radius 2 is 1.72 bits per heavy atom. The summed E-state index contributed by atoms with van der Waals surface area (Å²) >= 11 is 3.10. The van der Waals surface area contributed by atoms with E-state index in [1.807, 2.05) is 60.7 Å². The van der Waals surface area contributed by atoms with Crippen LogP contribution < -0.4 is 4.90 Å². The predicted molar refractivity (Wildman–Crippen MR) is 121 cm³/mol. The minimum Gasteiger partial charge on any atom is -0.284 e. The Morgan fingerprint density at radius 3 is 2.59 bits per heavy atom. The van der Waals surface area contributed by atoms with Gasteiger partial charge in [-0.1, -0.05) is 53.8 Å². The van der Waals surface area contributed by atoms with Gasteiger partial charge in [-0.15, -0.1) is 11.3 Å². The van der Waals surface area contributed by atoms with E-state index < -0.39 is 0 Å². The van der Waals surface area contributed by atoms with E-state index in [1.165, 1.54) is 5.56 Å². The molecule has 0 bridgehead atoms. The Kier molecular flexibility index (Phi) is 4.79. The molecule has 142 valence electrons. The normalized spacial score (nSPS) is 11.2. The number of hydrogen-bond acceptors (Lipinski definition) is 5. The van der Waals surface area contributed by atoms with Gasteiger partial charge >= 0.3 is 0 Å². The van der Waals surface area contributed by atoms with Crippen molar-refractivity contribution in [2.45, 2.75) is 6.42 Å². The molecule has 0 fully saturated rings. The molecule has 0 spiro atoms. The second kappa shape index (κ2) is 7.73. The summed E-state index contributed by atoms with van der Waals surface area (Å²) in [4.78, 5) is 24.3. The highest BCUT2D eigenvalue weighted by atomic mass is 32.1. The van der Waals surface area contributed by atoms with E-state index in [1.54, 1.807) is 33.1 Å². The number of anilines is 1. The lowest BCUT2D eigenvalue weighted by atomic mass is 10.1. The maximum absolute atomic E-state index is 13.5. The second-order valence-electron chi connectivity index (χ2n) is 6.69. The highest BCUT2D eigenvalue weighted by molar-refractivity contribution is 7.22. The molecule has 0 N–H and O–H groups in total. The molecular formula is C23H17N3OS2. The van der Waals surface area contributed by atoms with Crippen molar-refractivity contribution in [1.82, 2.24) is 9.97 Å². The summed E-state index contributed by atoms with van der Waals surface area (Å²) in [6.45, 7) is 0.573. The monoisotopic (exact) mass is 415 g/mol. The van der Waals surface area contributed by atoms with Gasteiger partial charge in [-0.3, -0.25) is 9.69 Å². The van der Waals surface area contributed by atoms with E-state index in [-0.39, 0.29) is 5.91 Å². The summed E-state index contributed by atoms with van der Waals surface area (Å²) in [7, 11) is 0. The van der Waals surface area contributed by atoms with Crippen LogP contribution in [0.25, 0.3) is 20.4 Å². The Hall–Kier alpha value is -3.09. The van der Waals surface area contributed by atoms with E-state index in [9.17, 15) is 4.79 Å². The van der Waals surface area contributed by atoms with Crippen molar-refractivity contribution in [3.05, 3.63) is 89.4 Å². The number of carbonyl (C=O) groups excluding carboxylic acids is 1. The largest absolute Gasteiger partial charge is 0.284 e. The lowest BCUT2D eigenvalue weighted by molar-refractivity contribution is 0.0987. The Balaban J connectivity index is 1.51. The molecule has 0 aliphatic heterocycles. The average molecular weight is 416 g/mol. The minimum atomic E-state index is -0.0321. The number of carbonyl (C=O) groups is 1. The molecule has 0 aliphatic rings. The van der Waals surface area contributed by atoms with E-state index in [4.69, 9.17) is 4.98 Å². The summed E-state index contributed by atoms with van der Waals surface area (Å²) in [6, 6.07) is 23.9. The van der Waals surface area contributed by atoms with Crippen LogP contribution in [0.15, 0.2) is 78.3 Å². The summed E-state index contributed by atoms with van der Waals surface area (Å²) < 4.78 is 2.10. The second-order valence-corrected chi connectivity index (χ2v) is 8.59. The van der Waals surface area contributed by atoms with Gasteiger partial charge < -0.3 is 0 Å². The molecule has 4 nitrogen and oxygen atoms in total. The molecule has 0 atom stereocenters. The van der Waals surface area contributed by atoms with Crippen molar-refractivity contribution in [3.8, 4) is 0 Å². The number of amides is 1. The molecule has 0 aliphatic carbocycles. The van der Waals surface area contributed by atoms with Crippen LogP contribution in [0.4, 0.5) is 5.13 Å². The fourth-order valence-electron chi connectivity index (χ4n) is 3.29. The molecule has 0 unspecified atom stereocenters. The van der Waals surface area contributed by atoms with Crippen LogP contribution in [0.1, 0.15) is 15.9 Å². The topological polar surface area (TPSA) is 46.1 Å². The number of benzene rings is 3.